The third kappa shape index (κ3) is 3.61. The highest BCUT2D eigenvalue weighted by Crippen LogP contribution is 2.32. The number of carbonyl (C=O) groups excluding carboxylic acids is 1. The zero-order valence-corrected chi connectivity index (χ0v) is 17.0. The molecule has 0 bridgehead atoms. The molecule has 0 spiro atoms. The first-order chi connectivity index (χ1) is 14.7. The summed E-state index contributed by atoms with van der Waals surface area (Å²) < 4.78 is 1.97. The van der Waals surface area contributed by atoms with Crippen molar-refractivity contribution >= 4 is 16.9 Å². The molecule has 152 valence electrons. The Kier molecular flexibility index (Phi) is 4.83. The number of aryl methyl sites for hydroxylation is 1. The zero-order chi connectivity index (χ0) is 20.5. The minimum absolute atomic E-state index is 0.0170. The van der Waals surface area contributed by atoms with E-state index in [1.807, 2.05) is 60.3 Å². The molecule has 1 saturated carbocycles. The first-order valence-electron chi connectivity index (χ1n) is 10.5. The summed E-state index contributed by atoms with van der Waals surface area (Å²) in [4.78, 5) is 25.4. The van der Waals surface area contributed by atoms with Crippen LogP contribution in [0.3, 0.4) is 0 Å². The minimum Gasteiger partial charge on any atom is -0.349 e. The number of nitrogens with one attached hydrogen (secondary N) is 2. The van der Waals surface area contributed by atoms with Gasteiger partial charge < -0.3 is 14.9 Å². The Bertz CT molecular complexity index is 1140. The van der Waals surface area contributed by atoms with Crippen molar-refractivity contribution in [3.8, 4) is 11.4 Å². The number of hydrogen-bond acceptors (Lipinski definition) is 3. The molecule has 1 aliphatic rings. The summed E-state index contributed by atoms with van der Waals surface area (Å²) in [6.45, 7) is 0. The summed E-state index contributed by atoms with van der Waals surface area (Å²) in [6.07, 6.45) is 7.80. The van der Waals surface area contributed by atoms with Crippen LogP contribution in [0.2, 0.25) is 0 Å². The van der Waals surface area contributed by atoms with Gasteiger partial charge in [-0.3, -0.25) is 4.79 Å². The van der Waals surface area contributed by atoms with Gasteiger partial charge in [-0.15, -0.1) is 0 Å². The van der Waals surface area contributed by atoms with E-state index in [1.54, 1.807) is 6.20 Å². The third-order valence-corrected chi connectivity index (χ3v) is 6.03. The zero-order valence-electron chi connectivity index (χ0n) is 17.0. The molecule has 0 radical (unpaired) electrons. The van der Waals surface area contributed by atoms with E-state index in [9.17, 15) is 4.79 Å². The van der Waals surface area contributed by atoms with Crippen LogP contribution in [0.25, 0.3) is 22.4 Å². The normalized spacial score (nSPS) is 19.1. The molecule has 2 N–H and O–H groups in total. The number of benzene rings is 2. The third-order valence-electron chi connectivity index (χ3n) is 6.03. The summed E-state index contributed by atoms with van der Waals surface area (Å²) in [5.74, 6) is 2.26. The SMILES string of the molecule is Cn1ccnc1-c1ccc(C(=O)NC2CCCC(c3nc4ccccc4[nH]3)C2)cc1. The van der Waals surface area contributed by atoms with E-state index >= 15 is 0 Å². The van der Waals surface area contributed by atoms with Crippen LogP contribution in [0.1, 0.15) is 47.8 Å². The van der Waals surface area contributed by atoms with Crippen molar-refractivity contribution in [3.63, 3.8) is 0 Å². The number of para-hydroxylation sites is 2. The fourth-order valence-corrected chi connectivity index (χ4v) is 4.42. The van der Waals surface area contributed by atoms with Crippen LogP contribution in [0.15, 0.2) is 60.9 Å². The molecular formula is C24H25N5O. The average molecular weight is 399 g/mol. The Morgan fingerprint density at radius 1 is 1.13 bits per heavy atom. The predicted molar refractivity (Wildman–Crippen MR) is 117 cm³/mol. The molecule has 2 heterocycles. The Morgan fingerprint density at radius 3 is 2.73 bits per heavy atom. The van der Waals surface area contributed by atoms with E-state index in [0.29, 0.717) is 11.5 Å². The molecule has 30 heavy (non-hydrogen) atoms. The molecule has 6 heteroatoms. The number of imidazole rings is 2. The van der Waals surface area contributed by atoms with Gasteiger partial charge in [-0.05, 0) is 43.5 Å². The maximum absolute atomic E-state index is 12.8. The Balaban J connectivity index is 1.26. The van der Waals surface area contributed by atoms with Gasteiger partial charge in [0, 0.05) is 42.5 Å². The number of amides is 1. The Labute approximate surface area is 175 Å². The van der Waals surface area contributed by atoms with Crippen molar-refractivity contribution in [3.05, 3.63) is 72.3 Å². The van der Waals surface area contributed by atoms with Crippen molar-refractivity contribution in [2.24, 2.45) is 7.05 Å². The maximum Gasteiger partial charge on any atom is 0.251 e. The van der Waals surface area contributed by atoms with Crippen molar-refractivity contribution in [2.75, 3.05) is 0 Å². The van der Waals surface area contributed by atoms with Gasteiger partial charge in [0.25, 0.3) is 5.91 Å². The second-order valence-corrected chi connectivity index (χ2v) is 8.11. The number of H-pyrrole nitrogens is 1. The lowest BCUT2D eigenvalue weighted by atomic mass is 9.85. The smallest absolute Gasteiger partial charge is 0.251 e. The van der Waals surface area contributed by atoms with E-state index in [2.05, 4.69) is 21.4 Å². The second kappa shape index (κ2) is 7.78. The molecule has 1 fully saturated rings. The lowest BCUT2D eigenvalue weighted by Gasteiger charge is -2.28. The quantitative estimate of drug-likeness (QED) is 0.533. The summed E-state index contributed by atoms with van der Waals surface area (Å²) in [5.41, 5.74) is 3.76. The highest BCUT2D eigenvalue weighted by Gasteiger charge is 2.26. The van der Waals surface area contributed by atoms with Gasteiger partial charge in [0.05, 0.1) is 11.0 Å². The molecule has 2 atom stereocenters. The number of nitrogens with zero attached hydrogens (tertiary/aromatic N) is 3. The minimum atomic E-state index is -0.0170. The average Bonchev–Trinajstić information content (AvgIpc) is 3.40. The van der Waals surface area contributed by atoms with Gasteiger partial charge in [0.2, 0.25) is 0 Å². The number of fused-ring (bicyclic) bond motifs is 1. The number of carbonyl (C=O) groups is 1. The van der Waals surface area contributed by atoms with Crippen molar-refractivity contribution in [1.29, 1.82) is 0 Å². The largest absolute Gasteiger partial charge is 0.349 e. The lowest BCUT2D eigenvalue weighted by molar-refractivity contribution is 0.0924. The van der Waals surface area contributed by atoms with Crippen LogP contribution in [-0.4, -0.2) is 31.5 Å². The van der Waals surface area contributed by atoms with E-state index in [-0.39, 0.29) is 11.9 Å². The second-order valence-electron chi connectivity index (χ2n) is 8.11. The first kappa shape index (κ1) is 18.6. The van der Waals surface area contributed by atoms with Gasteiger partial charge in [-0.25, -0.2) is 9.97 Å². The van der Waals surface area contributed by atoms with Crippen LogP contribution in [0, 0.1) is 0 Å². The molecule has 0 aliphatic heterocycles. The highest BCUT2D eigenvalue weighted by atomic mass is 16.1. The van der Waals surface area contributed by atoms with E-state index in [0.717, 1.165) is 53.9 Å². The first-order valence-corrected chi connectivity index (χ1v) is 10.5. The molecule has 2 aromatic carbocycles. The monoisotopic (exact) mass is 399 g/mol. The molecular weight excluding hydrogens is 374 g/mol. The molecule has 2 aromatic heterocycles. The highest BCUT2D eigenvalue weighted by molar-refractivity contribution is 5.94. The molecule has 2 unspecified atom stereocenters. The van der Waals surface area contributed by atoms with Crippen molar-refractivity contribution in [1.82, 2.24) is 24.8 Å². The molecule has 1 aliphatic carbocycles. The molecule has 4 aromatic rings. The van der Waals surface area contributed by atoms with Gasteiger partial charge in [0.1, 0.15) is 11.6 Å². The molecule has 0 saturated heterocycles. The number of hydrogen-bond donors (Lipinski definition) is 2. The summed E-state index contributed by atoms with van der Waals surface area (Å²) >= 11 is 0. The molecule has 6 nitrogen and oxygen atoms in total. The van der Waals surface area contributed by atoms with Gasteiger partial charge in [0.15, 0.2) is 0 Å². The summed E-state index contributed by atoms with van der Waals surface area (Å²) in [7, 11) is 1.96. The standard InChI is InChI=1S/C24H25N5O/c1-29-14-13-25-23(29)16-9-11-17(12-10-16)24(30)26-19-6-4-5-18(15-19)22-27-20-7-2-3-8-21(20)28-22/h2-3,7-14,18-19H,4-6,15H2,1H3,(H,26,30)(H,27,28). The number of aromatic nitrogens is 4. The summed E-state index contributed by atoms with van der Waals surface area (Å²) in [5, 5.41) is 3.23. The van der Waals surface area contributed by atoms with Gasteiger partial charge in [-0.2, -0.15) is 0 Å². The van der Waals surface area contributed by atoms with Crippen LogP contribution in [-0.2, 0) is 7.05 Å². The predicted octanol–water partition coefficient (Wildman–Crippen LogP) is 4.42. The van der Waals surface area contributed by atoms with E-state index in [1.165, 1.54) is 0 Å². The van der Waals surface area contributed by atoms with Crippen LogP contribution in [0.5, 0.6) is 0 Å². The summed E-state index contributed by atoms with van der Waals surface area (Å²) in [6, 6.07) is 15.9. The topological polar surface area (TPSA) is 75.6 Å². The lowest BCUT2D eigenvalue weighted by Crippen LogP contribution is -2.38. The van der Waals surface area contributed by atoms with Gasteiger partial charge >= 0.3 is 0 Å². The number of rotatable bonds is 4. The fraction of sp³-hybridized carbons (Fsp3) is 0.292. The van der Waals surface area contributed by atoms with Crippen molar-refractivity contribution < 1.29 is 4.79 Å². The van der Waals surface area contributed by atoms with Crippen LogP contribution in [0.4, 0.5) is 0 Å². The van der Waals surface area contributed by atoms with Crippen molar-refractivity contribution in [2.45, 2.75) is 37.6 Å². The molecule has 5 rings (SSSR count). The maximum atomic E-state index is 12.8. The van der Waals surface area contributed by atoms with Crippen LogP contribution < -0.4 is 5.32 Å². The molecule has 1 amide bonds. The fourth-order valence-electron chi connectivity index (χ4n) is 4.42. The van der Waals surface area contributed by atoms with E-state index < -0.39 is 0 Å². The van der Waals surface area contributed by atoms with Crippen LogP contribution >= 0.6 is 0 Å². The van der Waals surface area contributed by atoms with Gasteiger partial charge in [-0.1, -0.05) is 30.7 Å². The number of aromatic amines is 1. The Morgan fingerprint density at radius 2 is 1.97 bits per heavy atom. The Hall–Kier alpha value is -3.41. The van der Waals surface area contributed by atoms with E-state index in [4.69, 9.17) is 4.98 Å².